The summed E-state index contributed by atoms with van der Waals surface area (Å²) in [6.45, 7) is 12.2. The SMILES string of the molecule is CCC1(C)CN(Cc2cnc(C)s2)C(C)CN1. The molecule has 2 rings (SSSR count). The Labute approximate surface area is 108 Å². The molecule has 2 heterocycles. The fourth-order valence-electron chi connectivity index (χ4n) is 2.31. The van der Waals surface area contributed by atoms with E-state index in [1.807, 2.05) is 17.5 Å². The van der Waals surface area contributed by atoms with Gasteiger partial charge in [0.25, 0.3) is 0 Å². The molecule has 1 aromatic heterocycles. The molecule has 2 atom stereocenters. The van der Waals surface area contributed by atoms with Gasteiger partial charge < -0.3 is 5.32 Å². The van der Waals surface area contributed by atoms with E-state index in [1.54, 1.807) is 0 Å². The Balaban J connectivity index is 2.03. The van der Waals surface area contributed by atoms with Crippen LogP contribution in [0, 0.1) is 6.92 Å². The van der Waals surface area contributed by atoms with Gasteiger partial charge in [0.05, 0.1) is 5.01 Å². The summed E-state index contributed by atoms with van der Waals surface area (Å²) in [5.41, 5.74) is 0.270. The second-order valence-corrected chi connectivity index (χ2v) is 6.71. The molecule has 0 bridgehead atoms. The number of nitrogens with one attached hydrogen (secondary N) is 1. The van der Waals surface area contributed by atoms with Crippen LogP contribution in [-0.4, -0.2) is 34.6 Å². The zero-order valence-corrected chi connectivity index (χ0v) is 12.1. The molecule has 96 valence electrons. The predicted molar refractivity (Wildman–Crippen MR) is 73.4 cm³/mol. The molecule has 3 nitrogen and oxygen atoms in total. The number of nitrogens with zero attached hydrogens (tertiary/aromatic N) is 2. The molecular weight excluding hydrogens is 230 g/mol. The van der Waals surface area contributed by atoms with Gasteiger partial charge in [-0.1, -0.05) is 6.92 Å². The first kappa shape index (κ1) is 13.0. The summed E-state index contributed by atoms with van der Waals surface area (Å²) >= 11 is 1.82. The summed E-state index contributed by atoms with van der Waals surface area (Å²) in [6.07, 6.45) is 3.20. The standard InChI is InChI=1S/C13H23N3S/c1-5-13(4)9-16(10(2)6-15-13)8-12-7-14-11(3)17-12/h7,10,15H,5-6,8-9H2,1-4H3. The third-order valence-electron chi connectivity index (χ3n) is 3.81. The Morgan fingerprint density at radius 1 is 1.65 bits per heavy atom. The molecule has 1 aliphatic rings. The van der Waals surface area contributed by atoms with Crippen molar-refractivity contribution in [1.29, 1.82) is 0 Å². The lowest BCUT2D eigenvalue weighted by Gasteiger charge is -2.44. The van der Waals surface area contributed by atoms with Crippen molar-refractivity contribution in [3.05, 3.63) is 16.1 Å². The molecule has 0 saturated carbocycles. The summed E-state index contributed by atoms with van der Waals surface area (Å²) in [5.74, 6) is 0. The van der Waals surface area contributed by atoms with Crippen LogP contribution in [0.4, 0.5) is 0 Å². The van der Waals surface area contributed by atoms with Crippen molar-refractivity contribution in [2.24, 2.45) is 0 Å². The largest absolute Gasteiger partial charge is 0.309 e. The minimum absolute atomic E-state index is 0.270. The van der Waals surface area contributed by atoms with Gasteiger partial charge >= 0.3 is 0 Å². The van der Waals surface area contributed by atoms with Gasteiger partial charge in [-0.3, -0.25) is 4.90 Å². The lowest BCUT2D eigenvalue weighted by atomic mass is 9.94. The molecule has 0 aromatic carbocycles. The lowest BCUT2D eigenvalue weighted by molar-refractivity contribution is 0.0875. The number of thiazole rings is 1. The molecule has 1 saturated heterocycles. The van der Waals surface area contributed by atoms with Crippen molar-refractivity contribution < 1.29 is 0 Å². The molecule has 17 heavy (non-hydrogen) atoms. The summed E-state index contributed by atoms with van der Waals surface area (Å²) in [5, 5.41) is 4.83. The van der Waals surface area contributed by atoms with E-state index in [0.717, 1.165) is 19.6 Å². The van der Waals surface area contributed by atoms with Gasteiger partial charge in [-0.2, -0.15) is 0 Å². The van der Waals surface area contributed by atoms with E-state index in [1.165, 1.54) is 16.3 Å². The molecule has 1 aromatic rings. The Morgan fingerprint density at radius 2 is 2.41 bits per heavy atom. The summed E-state index contributed by atoms with van der Waals surface area (Å²) in [7, 11) is 0. The minimum atomic E-state index is 0.270. The Kier molecular flexibility index (Phi) is 3.85. The van der Waals surface area contributed by atoms with Crippen molar-refractivity contribution in [2.75, 3.05) is 13.1 Å². The molecule has 1 aliphatic heterocycles. The van der Waals surface area contributed by atoms with Gasteiger partial charge in [-0.05, 0) is 27.2 Å². The summed E-state index contributed by atoms with van der Waals surface area (Å²) in [6, 6.07) is 0.608. The Morgan fingerprint density at radius 3 is 3.00 bits per heavy atom. The minimum Gasteiger partial charge on any atom is -0.309 e. The van der Waals surface area contributed by atoms with Crippen LogP contribution < -0.4 is 5.32 Å². The quantitative estimate of drug-likeness (QED) is 0.896. The van der Waals surface area contributed by atoms with Crippen LogP contribution >= 0.6 is 11.3 Å². The maximum atomic E-state index is 4.34. The average Bonchev–Trinajstić information content (AvgIpc) is 2.70. The van der Waals surface area contributed by atoms with E-state index in [0.29, 0.717) is 6.04 Å². The Hall–Kier alpha value is -0.450. The van der Waals surface area contributed by atoms with Gasteiger partial charge in [-0.25, -0.2) is 4.98 Å². The molecule has 0 spiro atoms. The van der Waals surface area contributed by atoms with Crippen LogP contribution in [0.3, 0.4) is 0 Å². The zero-order valence-electron chi connectivity index (χ0n) is 11.3. The van der Waals surface area contributed by atoms with Crippen LogP contribution in [0.2, 0.25) is 0 Å². The zero-order chi connectivity index (χ0) is 12.5. The van der Waals surface area contributed by atoms with E-state index in [-0.39, 0.29) is 5.54 Å². The molecule has 1 fully saturated rings. The first-order chi connectivity index (χ1) is 8.02. The van der Waals surface area contributed by atoms with E-state index >= 15 is 0 Å². The monoisotopic (exact) mass is 253 g/mol. The van der Waals surface area contributed by atoms with Crippen molar-refractivity contribution >= 4 is 11.3 Å². The first-order valence-corrected chi connectivity index (χ1v) is 7.24. The summed E-state index contributed by atoms with van der Waals surface area (Å²) < 4.78 is 0. The van der Waals surface area contributed by atoms with E-state index in [9.17, 15) is 0 Å². The van der Waals surface area contributed by atoms with E-state index in [4.69, 9.17) is 0 Å². The first-order valence-electron chi connectivity index (χ1n) is 6.43. The second-order valence-electron chi connectivity index (χ2n) is 5.39. The van der Waals surface area contributed by atoms with Gasteiger partial charge in [0.1, 0.15) is 0 Å². The number of aromatic nitrogens is 1. The van der Waals surface area contributed by atoms with Crippen molar-refractivity contribution in [2.45, 2.75) is 52.2 Å². The highest BCUT2D eigenvalue weighted by molar-refractivity contribution is 7.11. The van der Waals surface area contributed by atoms with E-state index in [2.05, 4.69) is 42.9 Å². The van der Waals surface area contributed by atoms with Crippen LogP contribution in [0.5, 0.6) is 0 Å². The van der Waals surface area contributed by atoms with Gasteiger partial charge in [0, 0.05) is 42.3 Å². The third kappa shape index (κ3) is 3.06. The lowest BCUT2D eigenvalue weighted by Crippen LogP contribution is -2.61. The molecular formula is C13H23N3S. The van der Waals surface area contributed by atoms with Crippen LogP contribution in [0.25, 0.3) is 0 Å². The number of rotatable bonds is 3. The average molecular weight is 253 g/mol. The van der Waals surface area contributed by atoms with Crippen molar-refractivity contribution in [3.63, 3.8) is 0 Å². The highest BCUT2D eigenvalue weighted by Gasteiger charge is 2.32. The van der Waals surface area contributed by atoms with E-state index < -0.39 is 0 Å². The topological polar surface area (TPSA) is 28.2 Å². The smallest absolute Gasteiger partial charge is 0.0897 e. The second kappa shape index (κ2) is 5.04. The maximum absolute atomic E-state index is 4.34. The van der Waals surface area contributed by atoms with Gasteiger partial charge in [-0.15, -0.1) is 11.3 Å². The molecule has 0 radical (unpaired) electrons. The number of hydrogen-bond donors (Lipinski definition) is 1. The van der Waals surface area contributed by atoms with Gasteiger partial charge in [0.15, 0.2) is 0 Å². The van der Waals surface area contributed by atoms with Crippen LogP contribution in [-0.2, 0) is 6.54 Å². The maximum Gasteiger partial charge on any atom is 0.0897 e. The summed E-state index contributed by atoms with van der Waals surface area (Å²) in [4.78, 5) is 8.30. The Bertz CT molecular complexity index is 376. The fraction of sp³-hybridized carbons (Fsp3) is 0.769. The third-order valence-corrected chi connectivity index (χ3v) is 4.71. The number of aryl methyl sites for hydroxylation is 1. The highest BCUT2D eigenvalue weighted by Crippen LogP contribution is 2.22. The predicted octanol–water partition coefficient (Wildman–Crippen LogP) is 2.41. The van der Waals surface area contributed by atoms with Crippen molar-refractivity contribution in [3.8, 4) is 0 Å². The number of piperazine rings is 1. The highest BCUT2D eigenvalue weighted by atomic mass is 32.1. The fourth-order valence-corrected chi connectivity index (χ4v) is 3.13. The van der Waals surface area contributed by atoms with Crippen LogP contribution in [0.1, 0.15) is 37.1 Å². The van der Waals surface area contributed by atoms with Gasteiger partial charge in [0.2, 0.25) is 0 Å². The molecule has 1 N–H and O–H groups in total. The molecule has 0 aliphatic carbocycles. The molecule has 4 heteroatoms. The molecule has 2 unspecified atom stereocenters. The molecule has 0 amide bonds. The number of hydrogen-bond acceptors (Lipinski definition) is 4. The van der Waals surface area contributed by atoms with Crippen molar-refractivity contribution in [1.82, 2.24) is 15.2 Å². The van der Waals surface area contributed by atoms with Crippen LogP contribution in [0.15, 0.2) is 6.20 Å². The normalized spacial score (nSPS) is 30.7.